The van der Waals surface area contributed by atoms with Crippen LogP contribution in [-0.4, -0.2) is 25.1 Å². The minimum absolute atomic E-state index is 0.715. The molecule has 3 nitrogen and oxygen atoms in total. The van der Waals surface area contributed by atoms with Crippen LogP contribution in [0.1, 0.15) is 18.9 Å². The number of hydrogen-bond acceptors (Lipinski definition) is 3. The van der Waals surface area contributed by atoms with Crippen LogP contribution in [-0.2, 0) is 6.54 Å². The van der Waals surface area contributed by atoms with E-state index in [4.69, 9.17) is 0 Å². The molecule has 1 aromatic heterocycles. The Balaban J connectivity index is 2.20. The van der Waals surface area contributed by atoms with Gasteiger partial charge in [0.15, 0.2) is 0 Å². The molecule has 0 spiro atoms. The summed E-state index contributed by atoms with van der Waals surface area (Å²) in [5, 5.41) is 6.67. The molecule has 1 heterocycles. The minimum atomic E-state index is 0.715. The van der Waals surface area contributed by atoms with E-state index >= 15 is 0 Å². The number of pyridine rings is 1. The highest BCUT2D eigenvalue weighted by atomic mass is 14.9. The van der Waals surface area contributed by atoms with Crippen molar-refractivity contribution in [2.45, 2.75) is 19.9 Å². The van der Waals surface area contributed by atoms with Crippen molar-refractivity contribution in [2.75, 3.05) is 20.1 Å². The second-order valence-corrected chi connectivity index (χ2v) is 3.82. The molecule has 1 aromatic rings. The first-order valence-corrected chi connectivity index (χ1v) is 5.61. The van der Waals surface area contributed by atoms with E-state index in [0.717, 1.165) is 19.6 Å². The third-order valence-corrected chi connectivity index (χ3v) is 2.56. The lowest BCUT2D eigenvalue weighted by molar-refractivity contribution is 0.444. The van der Waals surface area contributed by atoms with E-state index in [-0.39, 0.29) is 0 Å². The van der Waals surface area contributed by atoms with Gasteiger partial charge in [-0.15, -0.1) is 0 Å². The number of rotatable bonds is 7. The Morgan fingerprint density at radius 3 is 2.87 bits per heavy atom. The van der Waals surface area contributed by atoms with Gasteiger partial charge in [0.1, 0.15) is 0 Å². The molecule has 0 aliphatic heterocycles. The van der Waals surface area contributed by atoms with Crippen molar-refractivity contribution >= 4 is 0 Å². The third kappa shape index (κ3) is 4.91. The van der Waals surface area contributed by atoms with E-state index < -0.39 is 0 Å². The van der Waals surface area contributed by atoms with Gasteiger partial charge in [0.25, 0.3) is 0 Å². The molecule has 0 aromatic carbocycles. The lowest BCUT2D eigenvalue weighted by Gasteiger charge is -2.14. The molecule has 0 amide bonds. The van der Waals surface area contributed by atoms with E-state index in [1.165, 1.54) is 12.0 Å². The van der Waals surface area contributed by atoms with Crippen LogP contribution in [0.3, 0.4) is 0 Å². The van der Waals surface area contributed by atoms with Crippen molar-refractivity contribution in [1.82, 2.24) is 15.6 Å². The molecule has 0 bridgehead atoms. The number of nitrogens with zero attached hydrogens (tertiary/aromatic N) is 1. The maximum atomic E-state index is 4.09. The Morgan fingerprint density at radius 2 is 2.27 bits per heavy atom. The molecule has 0 aliphatic rings. The van der Waals surface area contributed by atoms with Crippen LogP contribution in [0.4, 0.5) is 0 Å². The molecule has 2 N–H and O–H groups in total. The van der Waals surface area contributed by atoms with Gasteiger partial charge < -0.3 is 10.6 Å². The zero-order valence-corrected chi connectivity index (χ0v) is 9.66. The topological polar surface area (TPSA) is 37.0 Å². The Labute approximate surface area is 92.3 Å². The average molecular weight is 207 g/mol. The molecular weight excluding hydrogens is 186 g/mol. The summed E-state index contributed by atoms with van der Waals surface area (Å²) in [6.45, 7) is 5.28. The van der Waals surface area contributed by atoms with Crippen LogP contribution >= 0.6 is 0 Å². The highest BCUT2D eigenvalue weighted by Gasteiger charge is 2.03. The van der Waals surface area contributed by atoms with E-state index in [1.54, 1.807) is 6.20 Å². The highest BCUT2D eigenvalue weighted by molar-refractivity contribution is 5.07. The summed E-state index contributed by atoms with van der Waals surface area (Å²) in [5.41, 5.74) is 1.25. The lowest BCUT2D eigenvalue weighted by Crippen LogP contribution is -2.29. The largest absolute Gasteiger partial charge is 0.319 e. The van der Waals surface area contributed by atoms with Crippen LogP contribution in [0, 0.1) is 5.92 Å². The summed E-state index contributed by atoms with van der Waals surface area (Å²) in [5.74, 6) is 0.715. The molecule has 0 saturated heterocycles. The third-order valence-electron chi connectivity index (χ3n) is 2.56. The van der Waals surface area contributed by atoms with Gasteiger partial charge in [-0.25, -0.2) is 0 Å². The van der Waals surface area contributed by atoms with E-state index in [1.807, 2.05) is 19.3 Å². The van der Waals surface area contributed by atoms with Crippen LogP contribution in [0.15, 0.2) is 24.5 Å². The Kier molecular flexibility index (Phi) is 5.97. The van der Waals surface area contributed by atoms with Gasteiger partial charge in [0, 0.05) is 18.9 Å². The van der Waals surface area contributed by atoms with Crippen LogP contribution in [0.2, 0.25) is 0 Å². The quantitative estimate of drug-likeness (QED) is 0.710. The van der Waals surface area contributed by atoms with Gasteiger partial charge in [0.05, 0.1) is 0 Å². The van der Waals surface area contributed by atoms with Crippen LogP contribution in [0.5, 0.6) is 0 Å². The second-order valence-electron chi connectivity index (χ2n) is 3.82. The van der Waals surface area contributed by atoms with E-state index in [2.05, 4.69) is 28.6 Å². The van der Waals surface area contributed by atoms with Crippen LogP contribution in [0.25, 0.3) is 0 Å². The molecule has 0 saturated carbocycles. The van der Waals surface area contributed by atoms with Crippen molar-refractivity contribution in [1.29, 1.82) is 0 Å². The summed E-state index contributed by atoms with van der Waals surface area (Å²) in [4.78, 5) is 4.09. The van der Waals surface area contributed by atoms with Gasteiger partial charge in [-0.2, -0.15) is 0 Å². The first kappa shape index (κ1) is 12.1. The van der Waals surface area contributed by atoms with Gasteiger partial charge in [-0.1, -0.05) is 19.4 Å². The number of hydrogen-bond donors (Lipinski definition) is 2. The fourth-order valence-electron chi connectivity index (χ4n) is 1.57. The first-order chi connectivity index (χ1) is 7.36. The SMILES string of the molecule is CCC(CNC)CNCc1cccnc1. The van der Waals surface area contributed by atoms with Crippen molar-refractivity contribution in [3.05, 3.63) is 30.1 Å². The normalized spacial score (nSPS) is 12.7. The number of aromatic nitrogens is 1. The minimum Gasteiger partial charge on any atom is -0.319 e. The zero-order chi connectivity index (χ0) is 10.9. The summed E-state index contributed by atoms with van der Waals surface area (Å²) in [6, 6.07) is 4.07. The van der Waals surface area contributed by atoms with Crippen molar-refractivity contribution in [3.8, 4) is 0 Å². The summed E-state index contributed by atoms with van der Waals surface area (Å²) in [7, 11) is 2.00. The summed E-state index contributed by atoms with van der Waals surface area (Å²) in [6.07, 6.45) is 4.92. The fourth-order valence-corrected chi connectivity index (χ4v) is 1.57. The van der Waals surface area contributed by atoms with Crippen molar-refractivity contribution in [3.63, 3.8) is 0 Å². The molecule has 1 unspecified atom stereocenters. The smallest absolute Gasteiger partial charge is 0.0312 e. The van der Waals surface area contributed by atoms with Gasteiger partial charge in [0.2, 0.25) is 0 Å². The molecular formula is C12H21N3. The fraction of sp³-hybridized carbons (Fsp3) is 0.583. The predicted octanol–water partition coefficient (Wildman–Crippen LogP) is 1.42. The Hall–Kier alpha value is -0.930. The molecule has 1 atom stereocenters. The van der Waals surface area contributed by atoms with Gasteiger partial charge >= 0.3 is 0 Å². The molecule has 15 heavy (non-hydrogen) atoms. The molecule has 1 rings (SSSR count). The summed E-state index contributed by atoms with van der Waals surface area (Å²) < 4.78 is 0. The molecule has 84 valence electrons. The molecule has 3 heteroatoms. The van der Waals surface area contributed by atoms with E-state index in [9.17, 15) is 0 Å². The molecule has 0 fully saturated rings. The monoisotopic (exact) mass is 207 g/mol. The molecule has 0 radical (unpaired) electrons. The standard InChI is InChI=1S/C12H21N3/c1-3-11(7-13-2)8-15-10-12-5-4-6-14-9-12/h4-6,9,11,13,15H,3,7-8,10H2,1-2H3. The first-order valence-electron chi connectivity index (χ1n) is 5.61. The maximum Gasteiger partial charge on any atom is 0.0312 e. The van der Waals surface area contributed by atoms with Gasteiger partial charge in [-0.05, 0) is 37.7 Å². The zero-order valence-electron chi connectivity index (χ0n) is 9.66. The molecule has 0 aliphatic carbocycles. The Bertz CT molecular complexity index is 248. The predicted molar refractivity (Wildman–Crippen MR) is 63.7 cm³/mol. The van der Waals surface area contributed by atoms with Gasteiger partial charge in [-0.3, -0.25) is 4.98 Å². The summed E-state index contributed by atoms with van der Waals surface area (Å²) >= 11 is 0. The lowest BCUT2D eigenvalue weighted by atomic mass is 10.1. The second kappa shape index (κ2) is 7.37. The van der Waals surface area contributed by atoms with Crippen molar-refractivity contribution in [2.24, 2.45) is 5.92 Å². The van der Waals surface area contributed by atoms with Crippen molar-refractivity contribution < 1.29 is 0 Å². The Morgan fingerprint density at radius 1 is 1.40 bits per heavy atom. The maximum absolute atomic E-state index is 4.09. The number of nitrogens with one attached hydrogen (secondary N) is 2. The average Bonchev–Trinajstić information content (AvgIpc) is 2.29. The highest BCUT2D eigenvalue weighted by Crippen LogP contribution is 2.00. The van der Waals surface area contributed by atoms with E-state index in [0.29, 0.717) is 5.92 Å². The van der Waals surface area contributed by atoms with Crippen LogP contribution < -0.4 is 10.6 Å².